The number of nitrogens with one attached hydrogen (secondary N) is 2. The smallest absolute Gasteiger partial charge is 0.191 e. The maximum Gasteiger partial charge on any atom is 0.191 e. The van der Waals surface area contributed by atoms with E-state index < -0.39 is 0 Å². The third kappa shape index (κ3) is 7.17. The minimum atomic E-state index is 0. The third-order valence-electron chi connectivity index (χ3n) is 4.23. The minimum Gasteiger partial charge on any atom is -0.356 e. The summed E-state index contributed by atoms with van der Waals surface area (Å²) >= 11 is 12.1. The number of benzene rings is 2. The number of hydrogen-bond donors (Lipinski definition) is 2. The highest BCUT2D eigenvalue weighted by molar-refractivity contribution is 14.0. The first kappa shape index (κ1) is 23.4. The average molecular weight is 545 g/mol. The van der Waals surface area contributed by atoms with Crippen LogP contribution in [0.2, 0.25) is 10.0 Å². The first-order chi connectivity index (χ1) is 13.7. The monoisotopic (exact) mass is 544 g/mol. The number of aryl methyl sites for hydroxylation is 1. The molecule has 0 atom stereocenters. The molecule has 3 aromatic rings. The van der Waals surface area contributed by atoms with Gasteiger partial charge in [-0.05, 0) is 48.2 Å². The second-order valence-electron chi connectivity index (χ2n) is 6.20. The third-order valence-corrected chi connectivity index (χ3v) is 4.82. The van der Waals surface area contributed by atoms with Crippen molar-refractivity contribution in [2.24, 2.45) is 4.99 Å². The zero-order chi connectivity index (χ0) is 19.8. The van der Waals surface area contributed by atoms with Gasteiger partial charge < -0.3 is 10.6 Å². The lowest BCUT2D eigenvalue weighted by Gasteiger charge is -2.12. The summed E-state index contributed by atoms with van der Waals surface area (Å²) in [6.45, 7) is 1.48. The van der Waals surface area contributed by atoms with Crippen LogP contribution in [0.25, 0.3) is 5.69 Å². The Kier molecular flexibility index (Phi) is 9.69. The molecule has 0 aliphatic heterocycles. The summed E-state index contributed by atoms with van der Waals surface area (Å²) in [5.74, 6) is 0.766. The Labute approximate surface area is 197 Å². The van der Waals surface area contributed by atoms with E-state index in [0.717, 1.165) is 42.2 Å². The fourth-order valence-electron chi connectivity index (χ4n) is 2.72. The molecular weight excluding hydrogens is 522 g/mol. The minimum absolute atomic E-state index is 0. The van der Waals surface area contributed by atoms with E-state index in [1.165, 1.54) is 6.33 Å². The molecule has 0 aliphatic rings. The largest absolute Gasteiger partial charge is 0.356 e. The number of nitrogens with zero attached hydrogens (tertiary/aromatic N) is 4. The van der Waals surface area contributed by atoms with E-state index in [2.05, 4.69) is 37.8 Å². The van der Waals surface area contributed by atoms with Crippen LogP contribution in [-0.2, 0) is 13.0 Å². The molecule has 0 fully saturated rings. The molecule has 9 heteroatoms. The highest BCUT2D eigenvalue weighted by atomic mass is 127. The van der Waals surface area contributed by atoms with Crippen LogP contribution in [0.4, 0.5) is 0 Å². The second kappa shape index (κ2) is 12.0. The van der Waals surface area contributed by atoms with Gasteiger partial charge in [-0.25, -0.2) is 9.67 Å². The van der Waals surface area contributed by atoms with Gasteiger partial charge in [0.25, 0.3) is 0 Å². The Hall–Kier alpha value is -1.84. The van der Waals surface area contributed by atoms with Crippen LogP contribution in [-0.4, -0.2) is 34.3 Å². The Bertz CT molecular complexity index is 913. The second-order valence-corrected chi connectivity index (χ2v) is 7.04. The Balaban J connectivity index is 0.00000300. The fraction of sp³-hybridized carbons (Fsp3) is 0.250. The van der Waals surface area contributed by atoms with Gasteiger partial charge in [-0.3, -0.25) is 4.99 Å². The van der Waals surface area contributed by atoms with E-state index in [9.17, 15) is 0 Å². The molecule has 0 unspecified atom stereocenters. The quantitative estimate of drug-likeness (QED) is 0.199. The van der Waals surface area contributed by atoms with Gasteiger partial charge in [-0.15, -0.1) is 24.0 Å². The highest BCUT2D eigenvalue weighted by Crippen LogP contribution is 2.21. The van der Waals surface area contributed by atoms with Crippen LogP contribution >= 0.6 is 47.2 Å². The van der Waals surface area contributed by atoms with E-state index in [4.69, 9.17) is 23.2 Å². The van der Waals surface area contributed by atoms with E-state index in [1.54, 1.807) is 24.1 Å². The predicted octanol–water partition coefficient (Wildman–Crippen LogP) is 4.49. The van der Waals surface area contributed by atoms with Gasteiger partial charge in [-0.2, -0.15) is 5.10 Å². The van der Waals surface area contributed by atoms with E-state index >= 15 is 0 Å². The normalized spacial score (nSPS) is 11.1. The summed E-state index contributed by atoms with van der Waals surface area (Å²) in [5, 5.41) is 12.1. The van der Waals surface area contributed by atoms with Crippen molar-refractivity contribution < 1.29 is 0 Å². The van der Waals surface area contributed by atoms with Crippen molar-refractivity contribution in [3.8, 4) is 5.69 Å². The molecule has 0 saturated carbocycles. The molecule has 0 bridgehead atoms. The number of aromatic nitrogens is 3. The molecule has 1 heterocycles. The van der Waals surface area contributed by atoms with Crippen molar-refractivity contribution in [1.82, 2.24) is 25.4 Å². The van der Waals surface area contributed by atoms with Crippen molar-refractivity contribution in [2.75, 3.05) is 13.6 Å². The van der Waals surface area contributed by atoms with Gasteiger partial charge in [0.15, 0.2) is 5.96 Å². The van der Waals surface area contributed by atoms with Crippen molar-refractivity contribution in [3.63, 3.8) is 0 Å². The molecule has 0 aliphatic carbocycles. The van der Waals surface area contributed by atoms with Gasteiger partial charge in [0.05, 0.1) is 5.69 Å². The Morgan fingerprint density at radius 1 is 1.10 bits per heavy atom. The van der Waals surface area contributed by atoms with E-state index in [-0.39, 0.29) is 24.0 Å². The molecule has 1 aromatic heterocycles. The summed E-state index contributed by atoms with van der Waals surface area (Å²) in [6.07, 6.45) is 5.01. The lowest BCUT2D eigenvalue weighted by atomic mass is 10.1. The zero-order valence-electron chi connectivity index (χ0n) is 16.0. The molecule has 3 rings (SSSR count). The Morgan fingerprint density at radius 3 is 2.55 bits per heavy atom. The summed E-state index contributed by atoms with van der Waals surface area (Å²) in [5.41, 5.74) is 3.23. The topological polar surface area (TPSA) is 67.1 Å². The standard InChI is InChI=1S/C20H22Cl2N6.HI/c1-23-20(25-10-2-3-16-6-7-17(21)11-19(16)22)26-12-15-4-8-18(9-5-15)28-14-24-13-27-28;/h4-9,11,13-14H,2-3,10,12H2,1H3,(H2,23,25,26);1H. The predicted molar refractivity (Wildman–Crippen MR) is 130 cm³/mol. The molecule has 6 nitrogen and oxygen atoms in total. The zero-order valence-corrected chi connectivity index (χ0v) is 19.8. The molecule has 0 saturated heterocycles. The first-order valence-electron chi connectivity index (χ1n) is 8.98. The highest BCUT2D eigenvalue weighted by Gasteiger charge is 2.03. The van der Waals surface area contributed by atoms with Gasteiger partial charge in [0.1, 0.15) is 12.7 Å². The molecule has 29 heavy (non-hydrogen) atoms. The van der Waals surface area contributed by atoms with Crippen molar-refractivity contribution in [3.05, 3.63) is 76.3 Å². The van der Waals surface area contributed by atoms with Crippen molar-refractivity contribution in [1.29, 1.82) is 0 Å². The van der Waals surface area contributed by atoms with Crippen LogP contribution < -0.4 is 10.6 Å². The molecule has 0 radical (unpaired) electrons. The summed E-state index contributed by atoms with van der Waals surface area (Å²) < 4.78 is 1.73. The molecule has 2 aromatic carbocycles. The van der Waals surface area contributed by atoms with Crippen LogP contribution in [0.5, 0.6) is 0 Å². The summed E-state index contributed by atoms with van der Waals surface area (Å²) in [4.78, 5) is 8.22. The van der Waals surface area contributed by atoms with E-state index in [1.807, 2.05) is 24.3 Å². The fourth-order valence-corrected chi connectivity index (χ4v) is 3.23. The van der Waals surface area contributed by atoms with E-state index in [0.29, 0.717) is 16.6 Å². The SMILES string of the molecule is CN=C(NCCCc1ccc(Cl)cc1Cl)NCc1ccc(-n2cncn2)cc1.I. The maximum absolute atomic E-state index is 6.21. The number of halogens is 3. The molecule has 154 valence electrons. The number of guanidine groups is 1. The lowest BCUT2D eigenvalue weighted by Crippen LogP contribution is -2.37. The first-order valence-corrected chi connectivity index (χ1v) is 9.73. The average Bonchev–Trinajstić information content (AvgIpc) is 3.24. The Morgan fingerprint density at radius 2 is 1.90 bits per heavy atom. The van der Waals surface area contributed by atoms with Gasteiger partial charge in [0.2, 0.25) is 0 Å². The van der Waals surface area contributed by atoms with Crippen LogP contribution in [0, 0.1) is 0 Å². The summed E-state index contributed by atoms with van der Waals surface area (Å²) in [7, 11) is 1.76. The lowest BCUT2D eigenvalue weighted by molar-refractivity contribution is 0.742. The molecular formula is C20H23Cl2IN6. The van der Waals surface area contributed by atoms with Gasteiger partial charge >= 0.3 is 0 Å². The van der Waals surface area contributed by atoms with Gasteiger partial charge in [0, 0.05) is 30.2 Å². The molecule has 0 amide bonds. The maximum atomic E-state index is 6.21. The van der Waals surface area contributed by atoms with Crippen LogP contribution in [0.1, 0.15) is 17.5 Å². The molecule has 2 N–H and O–H groups in total. The molecule has 0 spiro atoms. The number of rotatable bonds is 7. The number of hydrogen-bond acceptors (Lipinski definition) is 3. The summed E-state index contributed by atoms with van der Waals surface area (Å²) in [6, 6.07) is 13.8. The van der Waals surface area contributed by atoms with Crippen LogP contribution in [0.15, 0.2) is 60.1 Å². The van der Waals surface area contributed by atoms with Gasteiger partial charge in [-0.1, -0.05) is 41.4 Å². The van der Waals surface area contributed by atoms with Crippen LogP contribution in [0.3, 0.4) is 0 Å². The van der Waals surface area contributed by atoms with Crippen molar-refractivity contribution in [2.45, 2.75) is 19.4 Å². The van der Waals surface area contributed by atoms with Crippen molar-refractivity contribution >= 4 is 53.1 Å². The number of aliphatic imine (C=N–C) groups is 1.